The Bertz CT molecular complexity index is 629. The normalized spacial score (nSPS) is 11.4. The first kappa shape index (κ1) is 13.8. The summed E-state index contributed by atoms with van der Waals surface area (Å²) in [5, 5.41) is 9.17. The largest absolute Gasteiger partial charge is 0.457 e. The van der Waals surface area contributed by atoms with E-state index in [-0.39, 0.29) is 12.2 Å². The van der Waals surface area contributed by atoms with Gasteiger partial charge in [-0.25, -0.2) is 0 Å². The molecule has 2 aromatic rings. The molecule has 100 valence electrons. The number of rotatable bonds is 5. The van der Waals surface area contributed by atoms with Crippen LogP contribution in [0.3, 0.4) is 0 Å². The van der Waals surface area contributed by atoms with Crippen molar-refractivity contribution >= 4 is 5.78 Å². The molecule has 0 aliphatic carbocycles. The quantitative estimate of drug-likeness (QED) is 0.819. The number of hydrogen-bond donors (Lipinski definition) is 0. The topological polar surface area (TPSA) is 50.1 Å². The maximum Gasteiger partial charge on any atom is 0.131 e. The number of carbonyl (C=O) groups excluding carboxylic acids is 1. The third-order valence-electron chi connectivity index (χ3n) is 2.89. The molecule has 0 heterocycles. The van der Waals surface area contributed by atoms with Gasteiger partial charge in [-0.3, -0.25) is 4.79 Å². The first-order valence-electron chi connectivity index (χ1n) is 6.41. The van der Waals surface area contributed by atoms with Crippen molar-refractivity contribution in [3.05, 3.63) is 60.2 Å². The fourth-order valence-electron chi connectivity index (χ4n) is 1.94. The fraction of sp³-hybridized carbons (Fsp3) is 0.176. The van der Waals surface area contributed by atoms with Gasteiger partial charge in [0.15, 0.2) is 0 Å². The van der Waals surface area contributed by atoms with E-state index >= 15 is 0 Å². The van der Waals surface area contributed by atoms with Crippen molar-refractivity contribution in [1.29, 1.82) is 5.26 Å². The van der Waals surface area contributed by atoms with E-state index in [0.29, 0.717) is 5.75 Å². The van der Waals surface area contributed by atoms with E-state index in [2.05, 4.69) is 6.07 Å². The molecule has 0 radical (unpaired) electrons. The van der Waals surface area contributed by atoms with Gasteiger partial charge >= 0.3 is 0 Å². The molecule has 0 aliphatic heterocycles. The lowest BCUT2D eigenvalue weighted by Gasteiger charge is -2.10. The van der Waals surface area contributed by atoms with Crippen LogP contribution in [-0.4, -0.2) is 5.78 Å². The Morgan fingerprint density at radius 1 is 1.15 bits per heavy atom. The number of hydrogen-bond acceptors (Lipinski definition) is 3. The molecule has 20 heavy (non-hydrogen) atoms. The standard InChI is InChI=1S/C17H15NO2/c1-13(19)10-15(12-18)14-6-5-9-17(11-14)20-16-7-3-2-4-8-16/h2-9,11,15H,10H2,1H3. The summed E-state index contributed by atoms with van der Waals surface area (Å²) in [5.41, 5.74) is 0.802. The molecule has 3 heteroatoms. The van der Waals surface area contributed by atoms with Crippen LogP contribution in [0.2, 0.25) is 0 Å². The van der Waals surface area contributed by atoms with Gasteiger partial charge in [-0.1, -0.05) is 30.3 Å². The summed E-state index contributed by atoms with van der Waals surface area (Å²) in [6.07, 6.45) is 0.227. The average molecular weight is 265 g/mol. The second kappa shape index (κ2) is 6.53. The number of carbonyl (C=O) groups is 1. The molecular formula is C17H15NO2. The Kier molecular flexibility index (Phi) is 4.52. The number of nitriles is 1. The third kappa shape index (κ3) is 3.69. The van der Waals surface area contributed by atoms with Crippen molar-refractivity contribution in [1.82, 2.24) is 0 Å². The van der Waals surface area contributed by atoms with Crippen LogP contribution in [0.4, 0.5) is 0 Å². The van der Waals surface area contributed by atoms with Crippen LogP contribution in [0.25, 0.3) is 0 Å². The van der Waals surface area contributed by atoms with Crippen LogP contribution in [0.1, 0.15) is 24.8 Å². The number of ketones is 1. The predicted molar refractivity (Wildman–Crippen MR) is 76.6 cm³/mol. The highest BCUT2D eigenvalue weighted by atomic mass is 16.5. The minimum atomic E-state index is -0.424. The maximum absolute atomic E-state index is 11.2. The Hall–Kier alpha value is -2.60. The van der Waals surface area contributed by atoms with E-state index in [9.17, 15) is 4.79 Å². The predicted octanol–water partition coefficient (Wildman–Crippen LogP) is 4.07. The van der Waals surface area contributed by atoms with Gasteiger partial charge in [0.05, 0.1) is 12.0 Å². The van der Waals surface area contributed by atoms with Crippen LogP contribution in [0, 0.1) is 11.3 Å². The minimum Gasteiger partial charge on any atom is -0.457 e. The molecule has 0 aromatic heterocycles. The van der Waals surface area contributed by atoms with Gasteiger partial charge in [-0.2, -0.15) is 5.26 Å². The molecule has 0 saturated heterocycles. The van der Waals surface area contributed by atoms with Crippen LogP contribution >= 0.6 is 0 Å². The minimum absolute atomic E-state index is 0.00549. The van der Waals surface area contributed by atoms with E-state index in [1.807, 2.05) is 54.6 Å². The van der Waals surface area contributed by atoms with E-state index in [0.717, 1.165) is 11.3 Å². The number of nitrogens with zero attached hydrogens (tertiary/aromatic N) is 1. The monoisotopic (exact) mass is 265 g/mol. The Balaban J connectivity index is 2.19. The number of benzene rings is 2. The molecular weight excluding hydrogens is 250 g/mol. The molecule has 0 saturated carbocycles. The van der Waals surface area contributed by atoms with Crippen molar-refractivity contribution in [2.75, 3.05) is 0 Å². The molecule has 2 aromatic carbocycles. The zero-order valence-corrected chi connectivity index (χ0v) is 11.2. The van der Waals surface area contributed by atoms with E-state index in [4.69, 9.17) is 10.00 Å². The van der Waals surface area contributed by atoms with E-state index < -0.39 is 5.92 Å². The van der Waals surface area contributed by atoms with Gasteiger partial charge in [-0.05, 0) is 36.8 Å². The van der Waals surface area contributed by atoms with Crippen molar-refractivity contribution in [2.45, 2.75) is 19.3 Å². The van der Waals surface area contributed by atoms with E-state index in [1.54, 1.807) is 0 Å². The van der Waals surface area contributed by atoms with Gasteiger partial charge in [0, 0.05) is 6.42 Å². The summed E-state index contributed by atoms with van der Waals surface area (Å²) in [4.78, 5) is 11.2. The van der Waals surface area contributed by atoms with Gasteiger partial charge in [0.2, 0.25) is 0 Å². The van der Waals surface area contributed by atoms with Crippen molar-refractivity contribution in [2.24, 2.45) is 0 Å². The van der Waals surface area contributed by atoms with Crippen LogP contribution in [0.15, 0.2) is 54.6 Å². The first-order chi connectivity index (χ1) is 9.69. The van der Waals surface area contributed by atoms with Crippen molar-refractivity contribution < 1.29 is 9.53 Å². The van der Waals surface area contributed by atoms with E-state index in [1.165, 1.54) is 6.92 Å². The summed E-state index contributed by atoms with van der Waals surface area (Å²) < 4.78 is 5.72. The summed E-state index contributed by atoms with van der Waals surface area (Å²) in [5.74, 6) is 0.986. The summed E-state index contributed by atoms with van der Waals surface area (Å²) >= 11 is 0. The summed E-state index contributed by atoms with van der Waals surface area (Å²) in [6, 6.07) is 18.9. The number of ether oxygens (including phenoxy) is 1. The molecule has 0 aliphatic rings. The zero-order valence-electron chi connectivity index (χ0n) is 11.2. The van der Waals surface area contributed by atoms with Crippen molar-refractivity contribution in [3.63, 3.8) is 0 Å². The molecule has 0 bridgehead atoms. The smallest absolute Gasteiger partial charge is 0.131 e. The lowest BCUT2D eigenvalue weighted by molar-refractivity contribution is -0.117. The van der Waals surface area contributed by atoms with Gasteiger partial charge < -0.3 is 4.74 Å². The molecule has 0 N–H and O–H groups in total. The van der Waals surface area contributed by atoms with Gasteiger partial charge in [0.25, 0.3) is 0 Å². The molecule has 0 spiro atoms. The Morgan fingerprint density at radius 2 is 1.85 bits per heavy atom. The molecule has 2 rings (SSSR count). The maximum atomic E-state index is 11.2. The highest BCUT2D eigenvalue weighted by molar-refractivity contribution is 5.77. The summed E-state index contributed by atoms with van der Waals surface area (Å²) in [7, 11) is 0. The molecule has 3 nitrogen and oxygen atoms in total. The Labute approximate surface area is 118 Å². The van der Waals surface area contributed by atoms with Gasteiger partial charge in [0.1, 0.15) is 17.3 Å². The SMILES string of the molecule is CC(=O)CC(C#N)c1cccc(Oc2ccccc2)c1. The zero-order chi connectivity index (χ0) is 14.4. The lowest BCUT2D eigenvalue weighted by atomic mass is 9.95. The second-order valence-corrected chi connectivity index (χ2v) is 4.58. The highest BCUT2D eigenvalue weighted by Crippen LogP contribution is 2.26. The molecule has 1 atom stereocenters. The molecule has 0 amide bonds. The first-order valence-corrected chi connectivity index (χ1v) is 6.41. The number of para-hydroxylation sites is 1. The van der Waals surface area contributed by atoms with Crippen LogP contribution in [0.5, 0.6) is 11.5 Å². The average Bonchev–Trinajstić information content (AvgIpc) is 2.46. The second-order valence-electron chi connectivity index (χ2n) is 4.58. The molecule has 1 unspecified atom stereocenters. The van der Waals surface area contributed by atoms with Crippen LogP contribution < -0.4 is 4.74 Å². The Morgan fingerprint density at radius 3 is 2.50 bits per heavy atom. The fourth-order valence-corrected chi connectivity index (χ4v) is 1.94. The van der Waals surface area contributed by atoms with Gasteiger partial charge in [-0.15, -0.1) is 0 Å². The number of Topliss-reactive ketones (excluding diaryl/α,β-unsaturated/α-hetero) is 1. The lowest BCUT2D eigenvalue weighted by Crippen LogP contribution is -2.02. The highest BCUT2D eigenvalue weighted by Gasteiger charge is 2.13. The van der Waals surface area contributed by atoms with Crippen LogP contribution in [-0.2, 0) is 4.79 Å². The molecule has 0 fully saturated rings. The van der Waals surface area contributed by atoms with Crippen molar-refractivity contribution in [3.8, 4) is 17.6 Å². The summed E-state index contributed by atoms with van der Waals surface area (Å²) in [6.45, 7) is 1.49. The third-order valence-corrected chi connectivity index (χ3v) is 2.89.